The molecule has 0 heterocycles. The molecule has 0 aliphatic heterocycles. The Morgan fingerprint density at radius 1 is 1.44 bits per heavy atom. The molecule has 0 aromatic carbocycles. The first-order valence-electron chi connectivity index (χ1n) is 2.58. The Labute approximate surface area is 61.8 Å². The highest BCUT2D eigenvalue weighted by Crippen LogP contribution is 1.99. The average Bonchev–Trinajstić information content (AvgIpc) is 1.87. The summed E-state index contributed by atoms with van der Waals surface area (Å²) in [5, 5.41) is 17.9. The third-order valence-corrected chi connectivity index (χ3v) is 1.60. The van der Waals surface area contributed by atoms with Crippen molar-refractivity contribution in [3.63, 3.8) is 0 Å². The predicted octanol–water partition coefficient (Wildman–Crippen LogP) is -0.308. The van der Waals surface area contributed by atoms with Crippen molar-refractivity contribution in [2.45, 2.75) is 18.6 Å². The molecular formula is C5H9BrO3. The Hall–Kier alpha value is 0.0700. The second-order valence-electron chi connectivity index (χ2n) is 1.69. The molecular weight excluding hydrogens is 188 g/mol. The predicted molar refractivity (Wildman–Crippen MR) is 36.5 cm³/mol. The van der Waals surface area contributed by atoms with Gasteiger partial charge in [0.2, 0.25) is 0 Å². The van der Waals surface area contributed by atoms with Crippen molar-refractivity contribution in [3.8, 4) is 0 Å². The highest BCUT2D eigenvalue weighted by atomic mass is 79.9. The lowest BCUT2D eigenvalue weighted by Crippen LogP contribution is -2.27. The van der Waals surface area contributed by atoms with Crippen LogP contribution in [-0.2, 0) is 4.79 Å². The highest BCUT2D eigenvalue weighted by molar-refractivity contribution is 9.09. The molecule has 0 bridgehead atoms. The Morgan fingerprint density at radius 2 is 2.00 bits per heavy atom. The van der Waals surface area contributed by atoms with E-state index in [1.54, 1.807) is 0 Å². The van der Waals surface area contributed by atoms with Crippen LogP contribution in [0.15, 0.2) is 0 Å². The molecule has 0 fully saturated rings. The van der Waals surface area contributed by atoms with Crippen molar-refractivity contribution in [1.29, 1.82) is 0 Å². The Kier molecular flexibility index (Phi) is 4.94. The van der Waals surface area contributed by atoms with Crippen LogP contribution in [0.3, 0.4) is 0 Å². The number of halogens is 1. The third kappa shape index (κ3) is 3.61. The molecule has 0 saturated heterocycles. The van der Waals surface area contributed by atoms with Gasteiger partial charge in [0.05, 0.1) is 12.2 Å². The topological polar surface area (TPSA) is 57.5 Å². The molecule has 0 aliphatic rings. The van der Waals surface area contributed by atoms with Crippen molar-refractivity contribution < 1.29 is 15.0 Å². The van der Waals surface area contributed by atoms with Gasteiger partial charge >= 0.3 is 0 Å². The van der Waals surface area contributed by atoms with E-state index < -0.39 is 12.2 Å². The molecule has 2 N–H and O–H groups in total. The van der Waals surface area contributed by atoms with Gasteiger partial charge < -0.3 is 15.0 Å². The summed E-state index contributed by atoms with van der Waals surface area (Å²) >= 11 is 2.96. The van der Waals surface area contributed by atoms with Crippen LogP contribution in [0.2, 0.25) is 0 Å². The third-order valence-electron chi connectivity index (χ3n) is 0.940. The van der Waals surface area contributed by atoms with Gasteiger partial charge in [-0.2, -0.15) is 0 Å². The van der Waals surface area contributed by atoms with Gasteiger partial charge in [-0.05, 0) is 0 Å². The van der Waals surface area contributed by atoms with Gasteiger partial charge in [0.25, 0.3) is 0 Å². The summed E-state index contributed by atoms with van der Waals surface area (Å²) in [6.45, 7) is 0. The quantitative estimate of drug-likeness (QED) is 0.480. The number of rotatable bonds is 4. The molecule has 0 radical (unpaired) electrons. The number of carbonyl (C=O) groups excluding carboxylic acids is 1. The first-order valence-corrected chi connectivity index (χ1v) is 3.70. The van der Waals surface area contributed by atoms with Crippen molar-refractivity contribution >= 4 is 22.2 Å². The van der Waals surface area contributed by atoms with Gasteiger partial charge in [0.1, 0.15) is 6.29 Å². The number of aliphatic hydroxyl groups is 2. The lowest BCUT2D eigenvalue weighted by atomic mass is 10.2. The van der Waals surface area contributed by atoms with E-state index in [1.165, 1.54) is 0 Å². The first-order chi connectivity index (χ1) is 4.22. The molecule has 4 heteroatoms. The Bertz CT molecular complexity index is 86.3. The maximum atomic E-state index is 9.75. The van der Waals surface area contributed by atoms with Crippen LogP contribution in [0.1, 0.15) is 6.42 Å². The Morgan fingerprint density at radius 3 is 2.33 bits per heavy atom. The molecule has 0 unspecified atom stereocenters. The minimum Gasteiger partial charge on any atom is -0.390 e. The number of hydrogen-bond acceptors (Lipinski definition) is 3. The molecule has 0 aromatic rings. The van der Waals surface area contributed by atoms with Gasteiger partial charge in [0.15, 0.2) is 0 Å². The molecule has 2 atom stereocenters. The monoisotopic (exact) mass is 196 g/mol. The Balaban J connectivity index is 3.44. The van der Waals surface area contributed by atoms with E-state index in [0.717, 1.165) is 0 Å². The maximum Gasteiger partial charge on any atom is 0.122 e. The van der Waals surface area contributed by atoms with E-state index in [0.29, 0.717) is 11.6 Å². The van der Waals surface area contributed by atoms with Gasteiger partial charge in [-0.1, -0.05) is 15.9 Å². The molecule has 0 rings (SSSR count). The van der Waals surface area contributed by atoms with E-state index in [4.69, 9.17) is 10.2 Å². The number of alkyl halides is 1. The van der Waals surface area contributed by atoms with Crippen molar-refractivity contribution in [1.82, 2.24) is 0 Å². The zero-order chi connectivity index (χ0) is 7.28. The summed E-state index contributed by atoms with van der Waals surface area (Å²) in [4.78, 5) is 9.75. The molecule has 0 aliphatic carbocycles. The van der Waals surface area contributed by atoms with Gasteiger partial charge in [-0.25, -0.2) is 0 Å². The largest absolute Gasteiger partial charge is 0.390 e. The minimum absolute atomic E-state index is 0.00718. The second-order valence-corrected chi connectivity index (χ2v) is 2.34. The van der Waals surface area contributed by atoms with Crippen LogP contribution < -0.4 is 0 Å². The molecule has 0 spiro atoms. The summed E-state index contributed by atoms with van der Waals surface area (Å²) in [5.74, 6) is 0. The van der Waals surface area contributed by atoms with Crippen molar-refractivity contribution in [3.05, 3.63) is 0 Å². The maximum absolute atomic E-state index is 9.75. The second kappa shape index (κ2) is 4.90. The van der Waals surface area contributed by atoms with Gasteiger partial charge in [0, 0.05) is 11.8 Å². The average molecular weight is 197 g/mol. The van der Waals surface area contributed by atoms with E-state index in [-0.39, 0.29) is 6.42 Å². The summed E-state index contributed by atoms with van der Waals surface area (Å²) in [5.41, 5.74) is 0. The number of aliphatic hydroxyl groups excluding tert-OH is 2. The smallest absolute Gasteiger partial charge is 0.122 e. The van der Waals surface area contributed by atoms with Crippen LogP contribution in [0.5, 0.6) is 0 Å². The van der Waals surface area contributed by atoms with Gasteiger partial charge in [-0.15, -0.1) is 0 Å². The molecule has 0 saturated carbocycles. The van der Waals surface area contributed by atoms with Crippen LogP contribution in [0, 0.1) is 0 Å². The first kappa shape index (κ1) is 9.07. The molecule has 3 nitrogen and oxygen atoms in total. The van der Waals surface area contributed by atoms with E-state index in [1.807, 2.05) is 0 Å². The van der Waals surface area contributed by atoms with Crippen molar-refractivity contribution in [2.75, 3.05) is 5.33 Å². The summed E-state index contributed by atoms with van der Waals surface area (Å²) in [6, 6.07) is 0. The van der Waals surface area contributed by atoms with Crippen LogP contribution in [-0.4, -0.2) is 34.0 Å². The molecule has 0 amide bonds. The fourth-order valence-corrected chi connectivity index (χ4v) is 0.790. The SMILES string of the molecule is O=CC[C@@H](O)[C@H](O)CBr. The highest BCUT2D eigenvalue weighted by Gasteiger charge is 2.12. The summed E-state index contributed by atoms with van der Waals surface area (Å²) in [7, 11) is 0. The van der Waals surface area contributed by atoms with Gasteiger partial charge in [-0.3, -0.25) is 0 Å². The molecule has 9 heavy (non-hydrogen) atoms. The van der Waals surface area contributed by atoms with Crippen LogP contribution in [0.4, 0.5) is 0 Å². The summed E-state index contributed by atoms with van der Waals surface area (Å²) in [6.07, 6.45) is -1.19. The van der Waals surface area contributed by atoms with Crippen LogP contribution >= 0.6 is 15.9 Å². The molecule has 54 valence electrons. The normalized spacial score (nSPS) is 16.8. The van der Waals surface area contributed by atoms with E-state index >= 15 is 0 Å². The van der Waals surface area contributed by atoms with Crippen molar-refractivity contribution in [2.24, 2.45) is 0 Å². The van der Waals surface area contributed by atoms with E-state index in [9.17, 15) is 4.79 Å². The number of carbonyl (C=O) groups is 1. The zero-order valence-corrected chi connectivity index (χ0v) is 6.41. The minimum atomic E-state index is -0.929. The zero-order valence-electron chi connectivity index (χ0n) is 4.83. The standard InChI is InChI=1S/C5H9BrO3/c6-3-5(9)4(8)1-2-7/h2,4-5,8-9H,1,3H2/t4-,5-/m1/s1. The molecule has 0 aromatic heterocycles. The lowest BCUT2D eigenvalue weighted by Gasteiger charge is -2.11. The van der Waals surface area contributed by atoms with E-state index in [2.05, 4.69) is 15.9 Å². The number of hydrogen-bond donors (Lipinski definition) is 2. The fourth-order valence-electron chi connectivity index (χ4n) is 0.359. The number of aldehydes is 1. The fraction of sp³-hybridized carbons (Fsp3) is 0.800. The van der Waals surface area contributed by atoms with Crippen LogP contribution in [0.25, 0.3) is 0 Å². The lowest BCUT2D eigenvalue weighted by molar-refractivity contribution is -0.110. The summed E-state index contributed by atoms with van der Waals surface area (Å²) < 4.78 is 0.